The van der Waals surface area contributed by atoms with Crippen LogP contribution in [0.25, 0.3) is 0 Å². The first-order valence-electron chi connectivity index (χ1n) is 6.56. The van der Waals surface area contributed by atoms with Gasteiger partial charge in [0.05, 0.1) is 11.6 Å². The number of nitrogens with one attached hydrogen (secondary N) is 1. The Morgan fingerprint density at radius 2 is 2.06 bits per heavy atom. The number of ether oxygens (including phenoxy) is 1. The van der Waals surface area contributed by atoms with Crippen molar-refractivity contribution in [2.45, 2.75) is 64.5 Å². The fourth-order valence-electron chi connectivity index (χ4n) is 1.77. The minimum atomic E-state index is -0.678. The Morgan fingerprint density at radius 1 is 1.41 bits per heavy atom. The summed E-state index contributed by atoms with van der Waals surface area (Å²) in [5, 5.41) is 2.96. The van der Waals surface area contributed by atoms with E-state index in [1.807, 2.05) is 13.8 Å². The predicted molar refractivity (Wildman–Crippen MR) is 70.8 cm³/mol. The topological polar surface area (TPSA) is 64.3 Å². The quantitative estimate of drug-likeness (QED) is 0.576. The van der Waals surface area contributed by atoms with E-state index in [0.29, 0.717) is 6.42 Å². The highest BCUT2D eigenvalue weighted by Gasteiger charge is 2.31. The summed E-state index contributed by atoms with van der Waals surface area (Å²) >= 11 is 0. The SMILES string of the molecule is CCCCCCOC(C)CC(C)(NC)C(N)=O. The molecule has 0 aliphatic carbocycles. The van der Waals surface area contributed by atoms with E-state index in [-0.39, 0.29) is 12.0 Å². The first-order valence-corrected chi connectivity index (χ1v) is 6.56. The molecule has 0 saturated carbocycles. The zero-order chi connectivity index (χ0) is 13.3. The summed E-state index contributed by atoms with van der Waals surface area (Å²) in [5.41, 5.74) is 4.69. The van der Waals surface area contributed by atoms with E-state index < -0.39 is 5.54 Å². The van der Waals surface area contributed by atoms with Crippen LogP contribution in [-0.4, -0.2) is 31.2 Å². The second-order valence-corrected chi connectivity index (χ2v) is 4.89. The average molecular weight is 244 g/mol. The highest BCUT2D eigenvalue weighted by atomic mass is 16.5. The molecule has 0 radical (unpaired) electrons. The van der Waals surface area contributed by atoms with E-state index in [1.165, 1.54) is 19.3 Å². The summed E-state index contributed by atoms with van der Waals surface area (Å²) in [7, 11) is 1.75. The molecule has 0 aromatic rings. The van der Waals surface area contributed by atoms with Gasteiger partial charge in [0.1, 0.15) is 0 Å². The van der Waals surface area contributed by atoms with Gasteiger partial charge in [0.15, 0.2) is 0 Å². The molecule has 3 N–H and O–H groups in total. The molecule has 0 aliphatic rings. The standard InChI is InChI=1S/C13H28N2O2/c1-5-6-7-8-9-17-11(2)10-13(3,15-4)12(14)16/h11,15H,5-10H2,1-4H3,(H2,14,16). The van der Waals surface area contributed by atoms with Gasteiger partial charge in [-0.3, -0.25) is 4.79 Å². The maximum absolute atomic E-state index is 11.3. The molecule has 2 unspecified atom stereocenters. The van der Waals surface area contributed by atoms with Crippen LogP contribution in [-0.2, 0) is 9.53 Å². The number of primary amides is 1. The van der Waals surface area contributed by atoms with E-state index in [1.54, 1.807) is 7.05 Å². The fourth-order valence-corrected chi connectivity index (χ4v) is 1.77. The minimum absolute atomic E-state index is 0.0431. The van der Waals surface area contributed by atoms with Crippen molar-refractivity contribution in [1.82, 2.24) is 5.32 Å². The Morgan fingerprint density at radius 3 is 2.53 bits per heavy atom. The summed E-state index contributed by atoms with van der Waals surface area (Å²) in [4.78, 5) is 11.3. The number of likely N-dealkylation sites (N-methyl/N-ethyl adjacent to an activating group) is 1. The van der Waals surface area contributed by atoms with Crippen LogP contribution in [0.3, 0.4) is 0 Å². The van der Waals surface area contributed by atoms with Crippen molar-refractivity contribution in [3.05, 3.63) is 0 Å². The third-order valence-corrected chi connectivity index (χ3v) is 3.19. The Hall–Kier alpha value is -0.610. The number of hydrogen-bond acceptors (Lipinski definition) is 3. The van der Waals surface area contributed by atoms with Gasteiger partial charge in [0.2, 0.25) is 5.91 Å². The lowest BCUT2D eigenvalue weighted by molar-refractivity contribution is -0.125. The summed E-state index contributed by atoms with van der Waals surface area (Å²) in [5.74, 6) is -0.332. The number of rotatable bonds is 10. The van der Waals surface area contributed by atoms with Gasteiger partial charge in [-0.1, -0.05) is 26.2 Å². The second kappa shape index (κ2) is 8.48. The maximum atomic E-state index is 11.3. The summed E-state index contributed by atoms with van der Waals surface area (Å²) in [6, 6.07) is 0. The second-order valence-electron chi connectivity index (χ2n) is 4.89. The van der Waals surface area contributed by atoms with Crippen molar-refractivity contribution in [3.63, 3.8) is 0 Å². The molecule has 2 atom stereocenters. The lowest BCUT2D eigenvalue weighted by Gasteiger charge is -2.28. The van der Waals surface area contributed by atoms with E-state index in [9.17, 15) is 4.79 Å². The molecule has 17 heavy (non-hydrogen) atoms. The van der Waals surface area contributed by atoms with Gasteiger partial charge in [0.25, 0.3) is 0 Å². The zero-order valence-electron chi connectivity index (χ0n) is 11.7. The molecule has 4 heteroatoms. The monoisotopic (exact) mass is 244 g/mol. The van der Waals surface area contributed by atoms with Crippen LogP contribution in [0.2, 0.25) is 0 Å². The smallest absolute Gasteiger partial charge is 0.237 e. The molecule has 0 rings (SSSR count). The van der Waals surface area contributed by atoms with Crippen LogP contribution < -0.4 is 11.1 Å². The van der Waals surface area contributed by atoms with Gasteiger partial charge in [-0.15, -0.1) is 0 Å². The van der Waals surface area contributed by atoms with Crippen LogP contribution in [0.4, 0.5) is 0 Å². The zero-order valence-corrected chi connectivity index (χ0v) is 11.7. The van der Waals surface area contributed by atoms with Gasteiger partial charge < -0.3 is 15.8 Å². The molecular formula is C13H28N2O2. The molecule has 0 spiro atoms. The van der Waals surface area contributed by atoms with Crippen LogP contribution in [0.15, 0.2) is 0 Å². The van der Waals surface area contributed by atoms with Crippen molar-refractivity contribution in [3.8, 4) is 0 Å². The van der Waals surface area contributed by atoms with Crippen LogP contribution in [0, 0.1) is 0 Å². The van der Waals surface area contributed by atoms with Gasteiger partial charge in [-0.25, -0.2) is 0 Å². The molecular weight excluding hydrogens is 216 g/mol. The molecule has 0 heterocycles. The Balaban J connectivity index is 3.84. The number of carbonyl (C=O) groups excluding carboxylic acids is 1. The number of amides is 1. The molecule has 102 valence electrons. The van der Waals surface area contributed by atoms with Gasteiger partial charge in [-0.2, -0.15) is 0 Å². The Labute approximate surface area is 105 Å². The van der Waals surface area contributed by atoms with E-state index in [4.69, 9.17) is 10.5 Å². The maximum Gasteiger partial charge on any atom is 0.237 e. The predicted octanol–water partition coefficient (Wildman–Crippen LogP) is 1.83. The molecule has 0 aromatic heterocycles. The minimum Gasteiger partial charge on any atom is -0.378 e. The Bertz CT molecular complexity index is 221. The van der Waals surface area contributed by atoms with Crippen molar-refractivity contribution >= 4 is 5.91 Å². The molecule has 0 fully saturated rings. The average Bonchev–Trinajstić information content (AvgIpc) is 2.28. The normalized spacial score (nSPS) is 16.5. The molecule has 0 saturated heterocycles. The third-order valence-electron chi connectivity index (χ3n) is 3.19. The molecule has 4 nitrogen and oxygen atoms in total. The van der Waals surface area contributed by atoms with E-state index in [2.05, 4.69) is 12.2 Å². The Kier molecular flexibility index (Phi) is 8.17. The number of unbranched alkanes of at least 4 members (excludes halogenated alkanes) is 3. The highest BCUT2D eigenvalue weighted by molar-refractivity contribution is 5.84. The van der Waals surface area contributed by atoms with Crippen molar-refractivity contribution in [1.29, 1.82) is 0 Å². The largest absolute Gasteiger partial charge is 0.378 e. The summed E-state index contributed by atoms with van der Waals surface area (Å²) < 4.78 is 5.69. The van der Waals surface area contributed by atoms with E-state index >= 15 is 0 Å². The molecule has 1 amide bonds. The van der Waals surface area contributed by atoms with Gasteiger partial charge in [-0.05, 0) is 27.3 Å². The first-order chi connectivity index (χ1) is 7.96. The first kappa shape index (κ1) is 16.4. The highest BCUT2D eigenvalue weighted by Crippen LogP contribution is 2.14. The molecule has 0 aliphatic heterocycles. The number of carbonyl (C=O) groups is 1. The lowest BCUT2D eigenvalue weighted by atomic mass is 9.94. The number of hydrogen-bond donors (Lipinski definition) is 2. The fraction of sp³-hybridized carbons (Fsp3) is 0.923. The van der Waals surface area contributed by atoms with Crippen LogP contribution in [0.1, 0.15) is 52.9 Å². The van der Waals surface area contributed by atoms with Gasteiger partial charge in [0, 0.05) is 13.0 Å². The molecule has 0 bridgehead atoms. The van der Waals surface area contributed by atoms with Crippen molar-refractivity contribution in [2.75, 3.05) is 13.7 Å². The number of nitrogens with two attached hydrogens (primary N) is 1. The van der Waals surface area contributed by atoms with Gasteiger partial charge >= 0.3 is 0 Å². The summed E-state index contributed by atoms with van der Waals surface area (Å²) in [6.45, 7) is 6.75. The van der Waals surface area contributed by atoms with Crippen molar-refractivity contribution in [2.24, 2.45) is 5.73 Å². The third kappa shape index (κ3) is 6.64. The molecule has 0 aromatic carbocycles. The lowest BCUT2D eigenvalue weighted by Crippen LogP contribution is -2.53. The van der Waals surface area contributed by atoms with Crippen LogP contribution >= 0.6 is 0 Å². The van der Waals surface area contributed by atoms with Crippen LogP contribution in [0.5, 0.6) is 0 Å². The van der Waals surface area contributed by atoms with Crippen molar-refractivity contribution < 1.29 is 9.53 Å². The van der Waals surface area contributed by atoms with E-state index in [0.717, 1.165) is 13.0 Å². The summed E-state index contributed by atoms with van der Waals surface area (Å²) in [6.07, 6.45) is 5.43.